The lowest BCUT2D eigenvalue weighted by Crippen LogP contribution is -2.20. The highest BCUT2D eigenvalue weighted by Gasteiger charge is 2.07. The predicted molar refractivity (Wildman–Crippen MR) is 74.5 cm³/mol. The average molecular weight is 288 g/mol. The van der Waals surface area contributed by atoms with Crippen LogP contribution >= 0.6 is 11.6 Å². The van der Waals surface area contributed by atoms with Crippen molar-refractivity contribution in [1.82, 2.24) is 4.98 Å². The number of ether oxygens (including phenoxy) is 1. The second kappa shape index (κ2) is 6.55. The number of benzene rings is 1. The number of amides is 1. The predicted octanol–water partition coefficient (Wildman–Crippen LogP) is 2.62. The number of hydrogen-bond acceptors (Lipinski definition) is 4. The number of carbonyl (C=O) groups excluding carboxylic acids is 1. The molecule has 0 aliphatic carbocycles. The van der Waals surface area contributed by atoms with E-state index in [9.17, 15) is 4.79 Å². The van der Waals surface area contributed by atoms with Gasteiger partial charge in [-0.2, -0.15) is 5.26 Å². The Morgan fingerprint density at radius 3 is 3.00 bits per heavy atom. The number of hydrogen-bond donors (Lipinski definition) is 1. The Morgan fingerprint density at radius 1 is 1.40 bits per heavy atom. The number of halogens is 1. The number of nitriles is 1. The van der Waals surface area contributed by atoms with Crippen molar-refractivity contribution in [3.05, 3.63) is 53.3 Å². The van der Waals surface area contributed by atoms with Crippen LogP contribution in [0.15, 0.2) is 42.6 Å². The monoisotopic (exact) mass is 287 g/mol. The first-order valence-electron chi connectivity index (χ1n) is 5.72. The summed E-state index contributed by atoms with van der Waals surface area (Å²) in [7, 11) is 0. The fraction of sp³-hybridized carbons (Fsp3) is 0.0714. The van der Waals surface area contributed by atoms with Gasteiger partial charge in [-0.25, -0.2) is 4.98 Å². The van der Waals surface area contributed by atoms with Crippen molar-refractivity contribution in [3.63, 3.8) is 0 Å². The zero-order chi connectivity index (χ0) is 14.4. The smallest absolute Gasteiger partial charge is 0.262 e. The highest BCUT2D eigenvalue weighted by Crippen LogP contribution is 2.17. The molecule has 0 saturated heterocycles. The first-order chi connectivity index (χ1) is 9.69. The molecule has 0 aliphatic heterocycles. The molecule has 0 unspecified atom stereocenters. The first-order valence-corrected chi connectivity index (χ1v) is 6.10. The third kappa shape index (κ3) is 3.70. The molecule has 6 heteroatoms. The van der Waals surface area contributed by atoms with Gasteiger partial charge in [-0.1, -0.05) is 17.7 Å². The molecule has 2 aromatic rings. The first kappa shape index (κ1) is 13.8. The van der Waals surface area contributed by atoms with E-state index in [1.165, 1.54) is 6.20 Å². The van der Waals surface area contributed by atoms with Gasteiger partial charge in [0.1, 0.15) is 5.75 Å². The zero-order valence-electron chi connectivity index (χ0n) is 10.3. The van der Waals surface area contributed by atoms with Crippen molar-refractivity contribution in [3.8, 4) is 11.8 Å². The van der Waals surface area contributed by atoms with E-state index in [1.54, 1.807) is 36.4 Å². The molecule has 0 fully saturated rings. The van der Waals surface area contributed by atoms with E-state index in [0.717, 1.165) is 0 Å². The van der Waals surface area contributed by atoms with E-state index in [1.807, 2.05) is 6.07 Å². The topological polar surface area (TPSA) is 75.0 Å². The molecule has 0 radical (unpaired) electrons. The van der Waals surface area contributed by atoms with Crippen molar-refractivity contribution in [2.24, 2.45) is 0 Å². The van der Waals surface area contributed by atoms with E-state index in [4.69, 9.17) is 21.6 Å². The third-order valence-electron chi connectivity index (χ3n) is 2.37. The molecule has 1 aromatic heterocycles. The van der Waals surface area contributed by atoms with E-state index in [-0.39, 0.29) is 17.7 Å². The Hall–Kier alpha value is -2.58. The summed E-state index contributed by atoms with van der Waals surface area (Å²) in [4.78, 5) is 15.6. The highest BCUT2D eigenvalue weighted by molar-refractivity contribution is 6.32. The molecule has 1 aromatic carbocycles. The van der Waals surface area contributed by atoms with Gasteiger partial charge >= 0.3 is 0 Å². The number of nitrogens with zero attached hydrogens (tertiary/aromatic N) is 2. The summed E-state index contributed by atoms with van der Waals surface area (Å²) < 4.78 is 5.30. The van der Waals surface area contributed by atoms with Gasteiger partial charge in [0, 0.05) is 6.20 Å². The summed E-state index contributed by atoms with van der Waals surface area (Å²) in [5, 5.41) is 11.6. The van der Waals surface area contributed by atoms with Gasteiger partial charge in [0.25, 0.3) is 5.91 Å². The summed E-state index contributed by atoms with van der Waals surface area (Å²) >= 11 is 5.82. The molecule has 2 rings (SSSR count). The van der Waals surface area contributed by atoms with Gasteiger partial charge < -0.3 is 10.1 Å². The van der Waals surface area contributed by atoms with E-state index < -0.39 is 0 Å². The number of anilines is 1. The Labute approximate surface area is 120 Å². The molecular formula is C14H10ClN3O2. The van der Waals surface area contributed by atoms with Crippen LogP contribution in [0.25, 0.3) is 0 Å². The average Bonchev–Trinajstić information content (AvgIpc) is 2.48. The summed E-state index contributed by atoms with van der Waals surface area (Å²) in [6.45, 7) is -0.180. The van der Waals surface area contributed by atoms with Crippen molar-refractivity contribution in [1.29, 1.82) is 5.26 Å². The maximum absolute atomic E-state index is 11.7. The number of aromatic nitrogens is 1. The van der Waals surface area contributed by atoms with Crippen LogP contribution < -0.4 is 10.1 Å². The van der Waals surface area contributed by atoms with Crippen LogP contribution in [-0.4, -0.2) is 17.5 Å². The summed E-state index contributed by atoms with van der Waals surface area (Å²) in [5.74, 6) is 0.0961. The minimum absolute atomic E-state index is 0.180. The Balaban J connectivity index is 1.93. The maximum atomic E-state index is 11.7. The molecule has 5 nitrogen and oxygen atoms in total. The standard InChI is InChI=1S/C14H10ClN3O2/c15-14-12(5-2-6-17-14)18-13(19)9-20-11-4-1-3-10(7-11)8-16/h1-7H,9H2,(H,18,19). The van der Waals surface area contributed by atoms with Crippen LogP contribution in [0.2, 0.25) is 5.15 Å². The number of nitrogens with one attached hydrogen (secondary N) is 1. The third-order valence-corrected chi connectivity index (χ3v) is 2.67. The quantitative estimate of drug-likeness (QED) is 0.877. The fourth-order valence-corrected chi connectivity index (χ4v) is 1.64. The molecule has 1 N–H and O–H groups in total. The molecule has 0 aliphatic rings. The SMILES string of the molecule is N#Cc1cccc(OCC(=O)Nc2cccnc2Cl)c1. The molecule has 0 spiro atoms. The lowest BCUT2D eigenvalue weighted by Gasteiger charge is -2.08. The molecule has 0 atom stereocenters. The number of rotatable bonds is 4. The Kier molecular flexibility index (Phi) is 4.53. The minimum atomic E-state index is -0.359. The van der Waals surface area contributed by atoms with E-state index in [0.29, 0.717) is 17.0 Å². The van der Waals surface area contributed by atoms with Crippen LogP contribution in [0.1, 0.15) is 5.56 Å². The van der Waals surface area contributed by atoms with Gasteiger partial charge in [0.05, 0.1) is 17.3 Å². The van der Waals surface area contributed by atoms with Crippen LogP contribution in [0.3, 0.4) is 0 Å². The molecular weight excluding hydrogens is 278 g/mol. The molecule has 100 valence electrons. The Bertz CT molecular complexity index is 667. The van der Waals surface area contributed by atoms with E-state index in [2.05, 4.69) is 10.3 Å². The van der Waals surface area contributed by atoms with Crippen LogP contribution in [0.4, 0.5) is 5.69 Å². The van der Waals surface area contributed by atoms with Crippen LogP contribution in [-0.2, 0) is 4.79 Å². The largest absolute Gasteiger partial charge is 0.484 e. The zero-order valence-corrected chi connectivity index (χ0v) is 11.1. The molecule has 0 bridgehead atoms. The number of carbonyl (C=O) groups is 1. The Morgan fingerprint density at radius 2 is 2.25 bits per heavy atom. The minimum Gasteiger partial charge on any atom is -0.484 e. The summed E-state index contributed by atoms with van der Waals surface area (Å²) in [5.41, 5.74) is 0.895. The van der Waals surface area contributed by atoms with Crippen LogP contribution in [0.5, 0.6) is 5.75 Å². The van der Waals surface area contributed by atoms with Gasteiger partial charge in [0.15, 0.2) is 11.8 Å². The second-order valence-electron chi connectivity index (χ2n) is 3.82. The van der Waals surface area contributed by atoms with Gasteiger partial charge in [-0.05, 0) is 30.3 Å². The maximum Gasteiger partial charge on any atom is 0.262 e. The van der Waals surface area contributed by atoms with Crippen LogP contribution in [0, 0.1) is 11.3 Å². The highest BCUT2D eigenvalue weighted by atomic mass is 35.5. The van der Waals surface area contributed by atoms with Crippen molar-refractivity contribution in [2.75, 3.05) is 11.9 Å². The lowest BCUT2D eigenvalue weighted by molar-refractivity contribution is -0.118. The molecule has 1 amide bonds. The number of pyridine rings is 1. The van der Waals surface area contributed by atoms with Crippen molar-refractivity contribution < 1.29 is 9.53 Å². The molecule has 0 saturated carbocycles. The molecule has 1 heterocycles. The normalized spacial score (nSPS) is 9.60. The second-order valence-corrected chi connectivity index (χ2v) is 4.18. The van der Waals surface area contributed by atoms with Gasteiger partial charge in [0.2, 0.25) is 0 Å². The van der Waals surface area contributed by atoms with Gasteiger partial charge in [-0.3, -0.25) is 4.79 Å². The van der Waals surface area contributed by atoms with Crippen molar-refractivity contribution >= 4 is 23.2 Å². The van der Waals surface area contributed by atoms with Gasteiger partial charge in [-0.15, -0.1) is 0 Å². The fourth-order valence-electron chi connectivity index (χ4n) is 1.47. The summed E-state index contributed by atoms with van der Waals surface area (Å²) in [6.07, 6.45) is 1.53. The summed E-state index contributed by atoms with van der Waals surface area (Å²) in [6, 6.07) is 11.9. The molecule has 20 heavy (non-hydrogen) atoms. The lowest BCUT2D eigenvalue weighted by atomic mass is 10.2. The van der Waals surface area contributed by atoms with Crippen molar-refractivity contribution in [2.45, 2.75) is 0 Å². The van der Waals surface area contributed by atoms with E-state index >= 15 is 0 Å².